The molecule has 0 amide bonds. The van der Waals surface area contributed by atoms with Crippen LogP contribution in [0.4, 0.5) is 0 Å². The first-order valence-corrected chi connectivity index (χ1v) is 6.27. The molecule has 5 heteroatoms. The Labute approximate surface area is 78.5 Å². The first kappa shape index (κ1) is 9.43. The molecule has 1 saturated heterocycles. The highest BCUT2D eigenvalue weighted by molar-refractivity contribution is 7.86. The van der Waals surface area contributed by atoms with Crippen LogP contribution in [0.15, 0.2) is 0 Å². The van der Waals surface area contributed by atoms with Crippen LogP contribution >= 0.6 is 0 Å². The molecule has 1 aliphatic heterocycles. The van der Waals surface area contributed by atoms with Crippen LogP contribution in [0, 0.1) is 5.92 Å². The van der Waals surface area contributed by atoms with Crippen molar-refractivity contribution < 1.29 is 13.0 Å². The number of fused-ring (bicyclic) bond motifs is 1. The number of hydrogen-bond acceptors (Lipinski definition) is 3. The van der Waals surface area contributed by atoms with E-state index < -0.39 is 15.4 Å². The molecule has 1 aliphatic carbocycles. The molecule has 3 unspecified atom stereocenters. The van der Waals surface area contributed by atoms with Gasteiger partial charge in [0.15, 0.2) is 0 Å². The van der Waals surface area contributed by atoms with Gasteiger partial charge >= 0.3 is 0 Å². The van der Waals surface area contributed by atoms with Crippen LogP contribution in [0.5, 0.6) is 0 Å². The second kappa shape index (κ2) is 3.22. The third kappa shape index (κ3) is 1.87. The van der Waals surface area contributed by atoms with Gasteiger partial charge in [-0.2, -0.15) is 8.42 Å². The van der Waals surface area contributed by atoms with Gasteiger partial charge in [-0.05, 0) is 38.1 Å². The van der Waals surface area contributed by atoms with Crippen LogP contribution in [0.3, 0.4) is 0 Å². The van der Waals surface area contributed by atoms with Crippen LogP contribution < -0.4 is 5.32 Å². The largest absolute Gasteiger partial charge is 0.314 e. The summed E-state index contributed by atoms with van der Waals surface area (Å²) in [7, 11) is -3.80. The molecule has 2 N–H and O–H groups in total. The number of nitrogens with one attached hydrogen (secondary N) is 1. The smallest absolute Gasteiger partial charge is 0.267 e. The van der Waals surface area contributed by atoms with Crippen molar-refractivity contribution in [2.75, 3.05) is 6.54 Å². The van der Waals surface area contributed by atoms with Gasteiger partial charge in [-0.25, -0.2) is 0 Å². The third-order valence-electron chi connectivity index (χ3n) is 3.29. The minimum atomic E-state index is -3.80. The average Bonchev–Trinajstić information content (AvgIpc) is 2.47. The summed E-state index contributed by atoms with van der Waals surface area (Å²) in [5.41, 5.74) is 0. The van der Waals surface area contributed by atoms with E-state index in [0.717, 1.165) is 19.4 Å². The van der Waals surface area contributed by atoms with Gasteiger partial charge in [-0.1, -0.05) is 0 Å². The maximum absolute atomic E-state index is 10.9. The first-order chi connectivity index (χ1) is 6.07. The molecule has 0 aromatic rings. The minimum absolute atomic E-state index is 0.320. The van der Waals surface area contributed by atoms with Crippen LogP contribution in [-0.2, 0) is 10.1 Å². The maximum Gasteiger partial charge on any atom is 0.267 e. The van der Waals surface area contributed by atoms with E-state index in [9.17, 15) is 8.42 Å². The normalized spacial score (nSPS) is 40.2. The fourth-order valence-corrected chi connectivity index (χ4v) is 3.40. The van der Waals surface area contributed by atoms with Gasteiger partial charge in [0.2, 0.25) is 0 Å². The summed E-state index contributed by atoms with van der Waals surface area (Å²) >= 11 is 0. The second-order valence-electron chi connectivity index (χ2n) is 4.06. The van der Waals surface area contributed by atoms with Gasteiger partial charge in [-0.15, -0.1) is 0 Å². The van der Waals surface area contributed by atoms with Crippen molar-refractivity contribution in [2.24, 2.45) is 5.92 Å². The SMILES string of the molecule is O=S(=O)(O)C1CCC2CCNC2C1. The van der Waals surface area contributed by atoms with Crippen LogP contribution in [0.1, 0.15) is 25.7 Å². The summed E-state index contributed by atoms with van der Waals surface area (Å²) in [5.74, 6) is 0.637. The van der Waals surface area contributed by atoms with Crippen molar-refractivity contribution in [3.05, 3.63) is 0 Å². The zero-order valence-electron chi connectivity index (χ0n) is 7.44. The molecule has 0 aromatic carbocycles. The molecule has 0 radical (unpaired) electrons. The van der Waals surface area contributed by atoms with Crippen LogP contribution in [-0.4, -0.2) is 30.8 Å². The average molecular weight is 205 g/mol. The molecule has 0 aromatic heterocycles. The lowest BCUT2D eigenvalue weighted by Crippen LogP contribution is -2.38. The highest BCUT2D eigenvalue weighted by atomic mass is 32.2. The van der Waals surface area contributed by atoms with E-state index in [0.29, 0.717) is 24.8 Å². The van der Waals surface area contributed by atoms with E-state index in [2.05, 4.69) is 5.32 Å². The Morgan fingerprint density at radius 1 is 1.23 bits per heavy atom. The summed E-state index contributed by atoms with van der Waals surface area (Å²) in [6, 6.07) is 0.320. The highest BCUT2D eigenvalue weighted by Crippen LogP contribution is 2.33. The number of hydrogen-bond donors (Lipinski definition) is 2. The molecule has 2 aliphatic rings. The van der Waals surface area contributed by atoms with Crippen molar-refractivity contribution in [1.82, 2.24) is 5.32 Å². The lowest BCUT2D eigenvalue weighted by Gasteiger charge is -2.29. The molecule has 0 bridgehead atoms. The van der Waals surface area contributed by atoms with Crippen molar-refractivity contribution in [3.8, 4) is 0 Å². The summed E-state index contributed by atoms with van der Waals surface area (Å²) in [4.78, 5) is 0. The summed E-state index contributed by atoms with van der Waals surface area (Å²) in [5, 5.41) is 2.76. The fourth-order valence-electron chi connectivity index (χ4n) is 2.51. The predicted octanol–water partition coefficient (Wildman–Crippen LogP) is 0.405. The fraction of sp³-hybridized carbons (Fsp3) is 1.00. The quantitative estimate of drug-likeness (QED) is 0.608. The van der Waals surface area contributed by atoms with Gasteiger partial charge in [-0.3, -0.25) is 4.55 Å². The first-order valence-electron chi connectivity index (χ1n) is 4.77. The zero-order valence-corrected chi connectivity index (χ0v) is 8.26. The van der Waals surface area contributed by atoms with E-state index in [1.165, 1.54) is 0 Å². The van der Waals surface area contributed by atoms with Crippen molar-refractivity contribution >= 4 is 10.1 Å². The molecule has 2 rings (SSSR count). The van der Waals surface area contributed by atoms with E-state index in [-0.39, 0.29) is 0 Å². The van der Waals surface area contributed by atoms with E-state index in [4.69, 9.17) is 4.55 Å². The Morgan fingerprint density at radius 3 is 2.69 bits per heavy atom. The topological polar surface area (TPSA) is 66.4 Å². The van der Waals surface area contributed by atoms with Gasteiger partial charge in [0.05, 0.1) is 5.25 Å². The molecular weight excluding hydrogens is 190 g/mol. The monoisotopic (exact) mass is 205 g/mol. The Kier molecular flexibility index (Phi) is 2.33. The molecule has 1 heterocycles. The highest BCUT2D eigenvalue weighted by Gasteiger charge is 2.38. The zero-order chi connectivity index (χ0) is 9.47. The van der Waals surface area contributed by atoms with E-state index in [1.807, 2.05) is 0 Å². The maximum atomic E-state index is 10.9. The molecule has 13 heavy (non-hydrogen) atoms. The molecule has 1 saturated carbocycles. The summed E-state index contributed by atoms with van der Waals surface area (Å²) < 4.78 is 30.7. The predicted molar refractivity (Wildman–Crippen MR) is 49.1 cm³/mol. The molecule has 76 valence electrons. The standard InChI is InChI=1S/C8H15NO3S/c10-13(11,12)7-2-1-6-3-4-9-8(6)5-7/h6-9H,1-5H2,(H,10,11,12). The molecule has 3 atom stereocenters. The van der Waals surface area contributed by atoms with Gasteiger partial charge < -0.3 is 5.32 Å². The number of rotatable bonds is 1. The Balaban J connectivity index is 2.05. The summed E-state index contributed by atoms with van der Waals surface area (Å²) in [6.45, 7) is 0.994. The minimum Gasteiger partial charge on any atom is -0.314 e. The lowest BCUT2D eigenvalue weighted by atomic mass is 9.85. The van der Waals surface area contributed by atoms with E-state index in [1.54, 1.807) is 0 Å². The van der Waals surface area contributed by atoms with Crippen molar-refractivity contribution in [1.29, 1.82) is 0 Å². The van der Waals surface area contributed by atoms with E-state index >= 15 is 0 Å². The summed E-state index contributed by atoms with van der Waals surface area (Å²) in [6.07, 6.45) is 3.30. The lowest BCUT2D eigenvalue weighted by molar-refractivity contribution is 0.315. The van der Waals surface area contributed by atoms with Gasteiger partial charge in [0.25, 0.3) is 10.1 Å². The Hall–Kier alpha value is -0.130. The van der Waals surface area contributed by atoms with Crippen LogP contribution in [0.2, 0.25) is 0 Å². The van der Waals surface area contributed by atoms with Gasteiger partial charge in [0, 0.05) is 6.04 Å². The Bertz CT molecular complexity index is 288. The second-order valence-corrected chi connectivity index (χ2v) is 5.76. The molecule has 0 spiro atoms. The third-order valence-corrected chi connectivity index (χ3v) is 4.56. The van der Waals surface area contributed by atoms with Gasteiger partial charge in [0.1, 0.15) is 0 Å². The molecular formula is C8H15NO3S. The molecule has 2 fully saturated rings. The van der Waals surface area contributed by atoms with Crippen LogP contribution in [0.25, 0.3) is 0 Å². The van der Waals surface area contributed by atoms with Crippen molar-refractivity contribution in [3.63, 3.8) is 0 Å². The Morgan fingerprint density at radius 2 is 2.00 bits per heavy atom. The van der Waals surface area contributed by atoms with Crippen molar-refractivity contribution in [2.45, 2.75) is 37.0 Å². The molecule has 4 nitrogen and oxygen atoms in total.